The lowest BCUT2D eigenvalue weighted by molar-refractivity contribution is -0.385. The number of ether oxygens (including phenoxy) is 3. The molecule has 0 N–H and O–H groups in total. The minimum absolute atomic E-state index is 0.0305. The highest BCUT2D eigenvalue weighted by atomic mass is 16.6. The van der Waals surface area contributed by atoms with Crippen LogP contribution in [-0.2, 0) is 19.0 Å². The lowest BCUT2D eigenvalue weighted by Crippen LogP contribution is -2.17. The zero-order chi connectivity index (χ0) is 17.9. The van der Waals surface area contributed by atoms with Gasteiger partial charge in [0.25, 0.3) is 5.69 Å². The van der Waals surface area contributed by atoms with E-state index in [-0.39, 0.29) is 28.1 Å². The van der Waals surface area contributed by atoms with E-state index < -0.39 is 16.9 Å². The lowest BCUT2D eigenvalue weighted by Gasteiger charge is -2.20. The molecule has 8 nitrogen and oxygen atoms in total. The summed E-state index contributed by atoms with van der Waals surface area (Å²) < 4.78 is 14.7. The number of methoxy groups -OCH3 is 2. The summed E-state index contributed by atoms with van der Waals surface area (Å²) in [6, 6.07) is 2.88. The van der Waals surface area contributed by atoms with Crippen molar-refractivity contribution >= 4 is 23.2 Å². The molecule has 0 aliphatic carbocycles. The number of benzene rings is 1. The Balaban J connectivity index is 2.71. The van der Waals surface area contributed by atoms with Gasteiger partial charge in [0.05, 0.1) is 36.9 Å². The van der Waals surface area contributed by atoms with E-state index in [1.165, 1.54) is 33.3 Å². The van der Waals surface area contributed by atoms with Crippen LogP contribution in [0.5, 0.6) is 0 Å². The van der Waals surface area contributed by atoms with Crippen LogP contribution < -0.4 is 0 Å². The molecule has 0 bridgehead atoms. The maximum Gasteiger partial charge on any atom is 0.373 e. The average molecular weight is 335 g/mol. The molecule has 1 aliphatic heterocycles. The van der Waals surface area contributed by atoms with Crippen LogP contribution in [0, 0.1) is 17.0 Å². The van der Waals surface area contributed by atoms with Crippen LogP contribution >= 0.6 is 0 Å². The zero-order valence-corrected chi connectivity index (χ0v) is 13.6. The molecule has 1 aromatic carbocycles. The molecule has 1 heterocycles. The van der Waals surface area contributed by atoms with E-state index in [9.17, 15) is 19.7 Å². The van der Waals surface area contributed by atoms with E-state index in [2.05, 4.69) is 9.47 Å². The van der Waals surface area contributed by atoms with Gasteiger partial charge in [-0.1, -0.05) is 0 Å². The number of nitro benzene ring substituents is 1. The second-order valence-electron chi connectivity index (χ2n) is 5.13. The van der Waals surface area contributed by atoms with Crippen molar-refractivity contribution in [2.24, 2.45) is 0 Å². The third-order valence-electron chi connectivity index (χ3n) is 3.81. The highest BCUT2D eigenvalue weighted by Gasteiger charge is 2.30. The fraction of sp³-hybridized carbons (Fsp3) is 0.375. The third kappa shape index (κ3) is 3.08. The largest absolute Gasteiger partial charge is 0.486 e. The highest BCUT2D eigenvalue weighted by Crippen LogP contribution is 2.37. The normalized spacial score (nSPS) is 14.0. The van der Waals surface area contributed by atoms with Crippen LogP contribution in [0.2, 0.25) is 0 Å². The van der Waals surface area contributed by atoms with E-state index >= 15 is 0 Å². The van der Waals surface area contributed by atoms with Crippen LogP contribution in [0.1, 0.15) is 34.3 Å². The van der Waals surface area contributed by atoms with Gasteiger partial charge in [0.2, 0.25) is 5.76 Å². The topological polar surface area (TPSA) is 105 Å². The molecule has 1 aromatic rings. The van der Waals surface area contributed by atoms with Gasteiger partial charge in [0.1, 0.15) is 0 Å². The standard InChI is InChI=1S/C16H17NO7/c1-9-10(15(18)22-2)6-7-11(13(9)17(20)21)12-5-4-8-24-14(12)16(19)23-3/h6-7H,4-5,8H2,1-3H3. The van der Waals surface area contributed by atoms with Gasteiger partial charge in [0.15, 0.2) is 0 Å². The first-order chi connectivity index (χ1) is 11.4. The van der Waals surface area contributed by atoms with Crippen molar-refractivity contribution in [2.75, 3.05) is 20.8 Å². The number of hydrogen-bond acceptors (Lipinski definition) is 7. The maximum atomic E-state index is 11.9. The van der Waals surface area contributed by atoms with Crippen LogP contribution in [0.15, 0.2) is 17.9 Å². The molecule has 0 radical (unpaired) electrons. The Morgan fingerprint density at radius 1 is 1.21 bits per heavy atom. The smallest absolute Gasteiger partial charge is 0.373 e. The molecule has 2 rings (SSSR count). The predicted octanol–water partition coefficient (Wildman–Crippen LogP) is 2.38. The van der Waals surface area contributed by atoms with E-state index in [0.717, 1.165) is 0 Å². The fourth-order valence-corrected chi connectivity index (χ4v) is 2.67. The highest BCUT2D eigenvalue weighted by molar-refractivity contribution is 5.99. The molecule has 0 amide bonds. The fourth-order valence-electron chi connectivity index (χ4n) is 2.67. The monoisotopic (exact) mass is 335 g/mol. The number of nitrogens with zero attached hydrogens (tertiary/aromatic N) is 1. The first-order valence-corrected chi connectivity index (χ1v) is 7.23. The van der Waals surface area contributed by atoms with Crippen molar-refractivity contribution in [1.82, 2.24) is 0 Å². The second-order valence-corrected chi connectivity index (χ2v) is 5.13. The van der Waals surface area contributed by atoms with Gasteiger partial charge < -0.3 is 14.2 Å². The SMILES string of the molecule is COC(=O)C1=C(c2ccc(C(=O)OC)c(C)c2[N+](=O)[O-])CCCO1. The Morgan fingerprint density at radius 2 is 1.88 bits per heavy atom. The van der Waals surface area contributed by atoms with E-state index in [0.29, 0.717) is 25.0 Å². The summed E-state index contributed by atoms with van der Waals surface area (Å²) in [6.07, 6.45) is 1.05. The van der Waals surface area contributed by atoms with Crippen LogP contribution in [-0.4, -0.2) is 37.7 Å². The van der Waals surface area contributed by atoms with Crippen molar-refractivity contribution in [3.05, 3.63) is 44.7 Å². The lowest BCUT2D eigenvalue weighted by atomic mass is 9.92. The van der Waals surface area contributed by atoms with Crippen molar-refractivity contribution < 1.29 is 28.7 Å². The van der Waals surface area contributed by atoms with Crippen molar-refractivity contribution in [3.8, 4) is 0 Å². The molecule has 1 aliphatic rings. The number of nitro groups is 1. The van der Waals surface area contributed by atoms with Crippen molar-refractivity contribution in [3.63, 3.8) is 0 Å². The Labute approximate surface area is 138 Å². The van der Waals surface area contributed by atoms with E-state index in [1.807, 2.05) is 0 Å². The Bertz CT molecular complexity index is 736. The molecule has 0 atom stereocenters. The Morgan fingerprint density at radius 3 is 2.46 bits per heavy atom. The summed E-state index contributed by atoms with van der Waals surface area (Å²) in [5.41, 5.74) is 0.668. The second kappa shape index (κ2) is 7.12. The van der Waals surface area contributed by atoms with E-state index in [1.54, 1.807) is 0 Å². The molecular formula is C16H17NO7. The molecule has 128 valence electrons. The number of carbonyl (C=O) groups excluding carboxylic acids is 2. The average Bonchev–Trinajstić information content (AvgIpc) is 2.59. The zero-order valence-electron chi connectivity index (χ0n) is 13.6. The number of carbonyl (C=O) groups is 2. The van der Waals surface area contributed by atoms with Gasteiger partial charge in [-0.15, -0.1) is 0 Å². The molecule has 0 aromatic heterocycles. The summed E-state index contributed by atoms with van der Waals surface area (Å²) in [5, 5.41) is 11.6. The molecule has 24 heavy (non-hydrogen) atoms. The molecule has 0 spiro atoms. The van der Waals surface area contributed by atoms with Crippen molar-refractivity contribution in [2.45, 2.75) is 19.8 Å². The first kappa shape index (κ1) is 17.5. The Kier molecular flexibility index (Phi) is 5.18. The number of hydrogen-bond donors (Lipinski definition) is 0. The van der Waals surface area contributed by atoms with Crippen LogP contribution in [0.4, 0.5) is 5.69 Å². The first-order valence-electron chi connectivity index (χ1n) is 7.23. The van der Waals surface area contributed by atoms with Gasteiger partial charge >= 0.3 is 11.9 Å². The van der Waals surface area contributed by atoms with Gasteiger partial charge in [-0.3, -0.25) is 10.1 Å². The van der Waals surface area contributed by atoms with Crippen molar-refractivity contribution in [1.29, 1.82) is 0 Å². The number of rotatable bonds is 4. The van der Waals surface area contributed by atoms with Gasteiger partial charge in [-0.2, -0.15) is 0 Å². The minimum Gasteiger partial charge on any atom is -0.486 e. The summed E-state index contributed by atoms with van der Waals surface area (Å²) >= 11 is 0. The molecule has 8 heteroatoms. The van der Waals surface area contributed by atoms with Gasteiger partial charge in [-0.05, 0) is 31.9 Å². The maximum absolute atomic E-state index is 11.9. The molecule has 0 fully saturated rings. The van der Waals surface area contributed by atoms with Crippen LogP contribution in [0.25, 0.3) is 5.57 Å². The summed E-state index contributed by atoms with van der Waals surface area (Å²) in [5.74, 6) is -1.38. The third-order valence-corrected chi connectivity index (χ3v) is 3.81. The minimum atomic E-state index is -0.686. The summed E-state index contributed by atoms with van der Waals surface area (Å²) in [6.45, 7) is 1.80. The quantitative estimate of drug-likeness (QED) is 0.472. The molecule has 0 saturated carbocycles. The van der Waals surface area contributed by atoms with E-state index in [4.69, 9.17) is 4.74 Å². The predicted molar refractivity (Wildman–Crippen MR) is 83.3 cm³/mol. The molecule has 0 unspecified atom stereocenters. The molecular weight excluding hydrogens is 318 g/mol. The number of esters is 2. The number of allylic oxidation sites excluding steroid dienone is 1. The van der Waals surface area contributed by atoms with Crippen LogP contribution in [0.3, 0.4) is 0 Å². The summed E-state index contributed by atoms with van der Waals surface area (Å²) in [7, 11) is 2.42. The van der Waals surface area contributed by atoms with Gasteiger partial charge in [0, 0.05) is 11.1 Å². The Hall–Kier alpha value is -2.90. The van der Waals surface area contributed by atoms with Gasteiger partial charge in [-0.25, -0.2) is 9.59 Å². The molecule has 0 saturated heterocycles. The summed E-state index contributed by atoms with van der Waals surface area (Å²) in [4.78, 5) is 34.6.